The number of para-hydroxylation sites is 1. The van der Waals surface area contributed by atoms with E-state index in [1.54, 1.807) is 17.4 Å². The smallest absolute Gasteiger partial charge is 0.235 e. The van der Waals surface area contributed by atoms with Crippen LogP contribution in [0.3, 0.4) is 0 Å². The maximum Gasteiger partial charge on any atom is 0.235 e. The summed E-state index contributed by atoms with van der Waals surface area (Å²) in [6.07, 6.45) is 1.77. The molecule has 0 spiro atoms. The maximum atomic E-state index is 13.6. The Morgan fingerprint density at radius 1 is 1.06 bits per heavy atom. The number of piperazine rings is 1. The van der Waals surface area contributed by atoms with Gasteiger partial charge in [-0.3, -0.25) is 20.3 Å². The van der Waals surface area contributed by atoms with Crippen molar-refractivity contribution in [1.82, 2.24) is 36.1 Å². The Kier molecular flexibility index (Phi) is 7.05. The van der Waals surface area contributed by atoms with Crippen molar-refractivity contribution in [1.29, 1.82) is 0 Å². The molecule has 3 aliphatic heterocycles. The lowest BCUT2D eigenvalue weighted by molar-refractivity contribution is -0.129. The Bertz CT molecular complexity index is 1180. The van der Waals surface area contributed by atoms with Gasteiger partial charge < -0.3 is 15.5 Å². The SMILES string of the molecule is O=C1NC(N2CCN(c3cccc(Cl)n3)CC2)NC(N[C@@H]2CCCNC2)C1c1nc2ccccc2s1. The van der Waals surface area contributed by atoms with E-state index in [2.05, 4.69) is 42.1 Å². The fraction of sp³-hybridized carbons (Fsp3) is 0.480. The summed E-state index contributed by atoms with van der Waals surface area (Å²) in [5.74, 6) is 0.513. The van der Waals surface area contributed by atoms with Crippen LogP contribution in [0.15, 0.2) is 42.5 Å². The van der Waals surface area contributed by atoms with E-state index in [0.717, 1.165) is 73.2 Å². The number of anilines is 1. The Morgan fingerprint density at radius 2 is 1.92 bits per heavy atom. The van der Waals surface area contributed by atoms with Gasteiger partial charge in [0.1, 0.15) is 28.2 Å². The van der Waals surface area contributed by atoms with E-state index in [4.69, 9.17) is 16.6 Å². The lowest BCUT2D eigenvalue weighted by Gasteiger charge is -2.46. The molecule has 3 aromatic rings. The molecular formula is C25H31ClN8OS. The number of piperidine rings is 1. The Labute approximate surface area is 219 Å². The van der Waals surface area contributed by atoms with E-state index in [1.807, 2.05) is 30.3 Å². The number of nitrogens with zero attached hydrogens (tertiary/aromatic N) is 4. The summed E-state index contributed by atoms with van der Waals surface area (Å²) in [5, 5.41) is 15.6. The summed E-state index contributed by atoms with van der Waals surface area (Å²) in [7, 11) is 0. The van der Waals surface area contributed by atoms with Crippen LogP contribution < -0.4 is 26.2 Å². The predicted molar refractivity (Wildman–Crippen MR) is 143 cm³/mol. The van der Waals surface area contributed by atoms with Crippen molar-refractivity contribution in [2.24, 2.45) is 0 Å². The standard InChI is InChI=1S/C25H31ClN8OS/c26-19-8-3-9-20(30-19)33-11-13-34(14-12-33)25-31-22(28-16-5-4-10-27-15-16)21(23(35)32-25)24-29-17-6-1-2-7-18(17)36-24/h1-3,6-9,16,21-22,25,27-28,31H,4-5,10-15H2,(H,32,35)/t16-,21?,22?,25?/m1/s1. The molecule has 0 bridgehead atoms. The number of hydrogen-bond acceptors (Lipinski definition) is 9. The first-order valence-electron chi connectivity index (χ1n) is 12.6. The molecule has 190 valence electrons. The summed E-state index contributed by atoms with van der Waals surface area (Å²) >= 11 is 7.70. The van der Waals surface area contributed by atoms with Crippen molar-refractivity contribution in [3.05, 3.63) is 52.6 Å². The van der Waals surface area contributed by atoms with E-state index in [9.17, 15) is 4.79 Å². The maximum absolute atomic E-state index is 13.6. The highest BCUT2D eigenvalue weighted by molar-refractivity contribution is 7.18. The van der Waals surface area contributed by atoms with Gasteiger partial charge in [0.05, 0.1) is 16.4 Å². The van der Waals surface area contributed by atoms with Crippen molar-refractivity contribution >= 4 is 44.9 Å². The number of nitrogens with one attached hydrogen (secondary N) is 4. The zero-order valence-corrected chi connectivity index (χ0v) is 21.6. The molecule has 3 fully saturated rings. The van der Waals surface area contributed by atoms with Gasteiger partial charge in [-0.25, -0.2) is 9.97 Å². The van der Waals surface area contributed by atoms with Crippen molar-refractivity contribution in [2.75, 3.05) is 44.2 Å². The van der Waals surface area contributed by atoms with Gasteiger partial charge in [0.2, 0.25) is 5.91 Å². The minimum absolute atomic E-state index is 0.0120. The number of fused-ring (bicyclic) bond motifs is 1. The van der Waals surface area contributed by atoms with Crippen LogP contribution in [0.5, 0.6) is 0 Å². The number of carbonyl (C=O) groups is 1. The third kappa shape index (κ3) is 5.06. The zero-order valence-electron chi connectivity index (χ0n) is 20.0. The van der Waals surface area contributed by atoms with Crippen molar-refractivity contribution in [3.63, 3.8) is 0 Å². The summed E-state index contributed by atoms with van der Waals surface area (Å²) in [6, 6.07) is 14.1. The molecule has 3 aliphatic rings. The molecule has 11 heteroatoms. The summed E-state index contributed by atoms with van der Waals surface area (Å²) in [6.45, 7) is 5.18. The van der Waals surface area contributed by atoms with Crippen LogP contribution in [0, 0.1) is 0 Å². The number of amides is 1. The summed E-state index contributed by atoms with van der Waals surface area (Å²) < 4.78 is 1.10. The molecule has 3 saturated heterocycles. The minimum atomic E-state index is -0.391. The molecule has 0 radical (unpaired) electrons. The molecule has 9 nitrogen and oxygen atoms in total. The lowest BCUT2D eigenvalue weighted by atomic mass is 10.00. The molecule has 2 aromatic heterocycles. The predicted octanol–water partition coefficient (Wildman–Crippen LogP) is 1.92. The zero-order chi connectivity index (χ0) is 24.5. The quantitative estimate of drug-likeness (QED) is 0.374. The fourth-order valence-corrected chi connectivity index (χ4v) is 6.60. The van der Waals surface area contributed by atoms with Crippen LogP contribution in [0.2, 0.25) is 5.15 Å². The first kappa shape index (κ1) is 24.0. The van der Waals surface area contributed by atoms with E-state index in [-0.39, 0.29) is 18.4 Å². The van der Waals surface area contributed by atoms with Crippen LogP contribution in [0.25, 0.3) is 10.2 Å². The van der Waals surface area contributed by atoms with E-state index in [0.29, 0.717) is 11.2 Å². The third-order valence-electron chi connectivity index (χ3n) is 7.22. The molecule has 4 N–H and O–H groups in total. The Hall–Kier alpha value is -2.34. The normalized spacial score (nSPS) is 27.8. The second-order valence-electron chi connectivity index (χ2n) is 9.60. The molecule has 36 heavy (non-hydrogen) atoms. The number of pyridine rings is 1. The largest absolute Gasteiger partial charge is 0.354 e. The number of carbonyl (C=O) groups excluding carboxylic acids is 1. The average Bonchev–Trinajstić information content (AvgIpc) is 3.33. The minimum Gasteiger partial charge on any atom is -0.354 e. The van der Waals surface area contributed by atoms with Gasteiger partial charge in [-0.1, -0.05) is 29.8 Å². The van der Waals surface area contributed by atoms with Gasteiger partial charge in [-0.2, -0.15) is 0 Å². The van der Waals surface area contributed by atoms with Gasteiger partial charge >= 0.3 is 0 Å². The van der Waals surface area contributed by atoms with Gasteiger partial charge in [0, 0.05) is 38.8 Å². The van der Waals surface area contributed by atoms with Crippen molar-refractivity contribution < 1.29 is 4.79 Å². The topological polar surface area (TPSA) is 97.5 Å². The van der Waals surface area contributed by atoms with Gasteiger partial charge in [-0.05, 0) is 43.7 Å². The second-order valence-corrected chi connectivity index (χ2v) is 11.1. The molecule has 0 saturated carbocycles. The molecule has 1 aromatic carbocycles. The third-order valence-corrected chi connectivity index (χ3v) is 8.55. The molecule has 5 heterocycles. The van der Waals surface area contributed by atoms with Crippen LogP contribution in [-0.4, -0.2) is 78.5 Å². The number of aromatic nitrogens is 2. The second kappa shape index (κ2) is 10.6. The van der Waals surface area contributed by atoms with E-state index < -0.39 is 5.92 Å². The molecule has 3 unspecified atom stereocenters. The Balaban J connectivity index is 1.19. The number of rotatable bonds is 5. The van der Waals surface area contributed by atoms with Crippen LogP contribution in [0.4, 0.5) is 5.82 Å². The number of benzene rings is 1. The van der Waals surface area contributed by atoms with E-state index in [1.165, 1.54) is 0 Å². The highest BCUT2D eigenvalue weighted by Crippen LogP contribution is 2.31. The number of hydrogen-bond donors (Lipinski definition) is 4. The fourth-order valence-electron chi connectivity index (χ4n) is 5.33. The molecule has 1 amide bonds. The van der Waals surface area contributed by atoms with Crippen LogP contribution >= 0.6 is 22.9 Å². The van der Waals surface area contributed by atoms with Crippen molar-refractivity contribution in [2.45, 2.75) is 37.3 Å². The van der Waals surface area contributed by atoms with Gasteiger partial charge in [0.15, 0.2) is 0 Å². The molecule has 6 rings (SSSR count). The number of thiazole rings is 1. The summed E-state index contributed by atoms with van der Waals surface area (Å²) in [5.41, 5.74) is 0.941. The lowest BCUT2D eigenvalue weighted by Crippen LogP contribution is -2.72. The molecule has 0 aliphatic carbocycles. The first-order chi connectivity index (χ1) is 17.6. The van der Waals surface area contributed by atoms with Gasteiger partial charge in [-0.15, -0.1) is 11.3 Å². The van der Waals surface area contributed by atoms with E-state index >= 15 is 0 Å². The van der Waals surface area contributed by atoms with Crippen LogP contribution in [0.1, 0.15) is 23.8 Å². The van der Waals surface area contributed by atoms with Gasteiger partial charge in [0.25, 0.3) is 0 Å². The molecule has 4 atom stereocenters. The van der Waals surface area contributed by atoms with Crippen LogP contribution in [-0.2, 0) is 4.79 Å². The highest BCUT2D eigenvalue weighted by atomic mass is 35.5. The average molecular weight is 527 g/mol. The monoisotopic (exact) mass is 526 g/mol. The molecular weight excluding hydrogens is 496 g/mol. The first-order valence-corrected chi connectivity index (χ1v) is 13.8. The highest BCUT2D eigenvalue weighted by Gasteiger charge is 2.42. The number of halogens is 1. The summed E-state index contributed by atoms with van der Waals surface area (Å²) in [4.78, 5) is 27.4. The van der Waals surface area contributed by atoms with Crippen molar-refractivity contribution in [3.8, 4) is 0 Å². The Morgan fingerprint density at radius 3 is 2.69 bits per heavy atom.